The molecule has 0 amide bonds. The second-order valence-electron chi connectivity index (χ2n) is 6.17. The van der Waals surface area contributed by atoms with Gasteiger partial charge in [0.25, 0.3) is 5.69 Å². The number of nitro benzene ring substituents is 1. The lowest BCUT2D eigenvalue weighted by molar-refractivity contribution is -0.917. The molecule has 2 aromatic carbocycles. The Hall–Kier alpha value is -2.36. The Morgan fingerprint density at radius 3 is 2.31 bits per heavy atom. The molecule has 138 valence electrons. The largest absolute Gasteiger partial charge is 0.329 e. The summed E-state index contributed by atoms with van der Waals surface area (Å²) in [5.41, 5.74) is 0.726. The van der Waals surface area contributed by atoms with E-state index in [-0.39, 0.29) is 10.6 Å². The van der Waals surface area contributed by atoms with E-state index in [0.717, 1.165) is 17.0 Å². The van der Waals surface area contributed by atoms with Crippen molar-refractivity contribution in [2.45, 2.75) is 11.4 Å². The van der Waals surface area contributed by atoms with Gasteiger partial charge in [-0.2, -0.15) is 4.31 Å². The summed E-state index contributed by atoms with van der Waals surface area (Å²) in [5, 5.41) is 11.1. The number of para-hydroxylation sites is 1. The van der Waals surface area contributed by atoms with E-state index in [4.69, 9.17) is 0 Å². The minimum Gasteiger partial charge on any atom is -0.329 e. The molecule has 1 N–H and O–H groups in total. The van der Waals surface area contributed by atoms with Gasteiger partial charge in [0.15, 0.2) is 0 Å². The highest BCUT2D eigenvalue weighted by molar-refractivity contribution is 7.89. The molecule has 0 spiro atoms. The van der Waals surface area contributed by atoms with Crippen molar-refractivity contribution in [3.63, 3.8) is 0 Å². The van der Waals surface area contributed by atoms with Crippen molar-refractivity contribution in [3.05, 3.63) is 70.0 Å². The maximum absolute atomic E-state index is 13.0. The standard InChI is InChI=1S/C17H18FN3O4S/c18-15-5-7-16(8-6-15)26(24,25)20-11-9-19(10-12-20)13-14-3-1-2-4-17(14)21(22)23/h1-8H,9-13H2/p+1. The van der Waals surface area contributed by atoms with Crippen LogP contribution in [0.25, 0.3) is 0 Å². The Labute approximate surface area is 150 Å². The number of halogens is 1. The Kier molecular flexibility index (Phi) is 5.30. The fourth-order valence-corrected chi connectivity index (χ4v) is 4.52. The lowest BCUT2D eigenvalue weighted by Crippen LogP contribution is -3.13. The summed E-state index contributed by atoms with van der Waals surface area (Å²) < 4.78 is 39.6. The molecule has 1 saturated heterocycles. The molecular formula is C17H19FN3O4S+. The van der Waals surface area contributed by atoms with Crippen LogP contribution >= 0.6 is 0 Å². The van der Waals surface area contributed by atoms with E-state index < -0.39 is 20.8 Å². The molecule has 26 heavy (non-hydrogen) atoms. The SMILES string of the molecule is O=[N+]([O-])c1ccccc1C[NH+]1CCN(S(=O)(=O)c2ccc(F)cc2)CC1. The van der Waals surface area contributed by atoms with E-state index in [9.17, 15) is 22.9 Å². The molecule has 9 heteroatoms. The number of hydrogen-bond acceptors (Lipinski definition) is 4. The molecule has 7 nitrogen and oxygen atoms in total. The van der Waals surface area contributed by atoms with Crippen molar-refractivity contribution < 1.29 is 22.6 Å². The van der Waals surface area contributed by atoms with Crippen LogP contribution < -0.4 is 4.90 Å². The third kappa shape index (κ3) is 3.90. The van der Waals surface area contributed by atoms with Crippen LogP contribution in [0.2, 0.25) is 0 Å². The minimum atomic E-state index is -3.65. The summed E-state index contributed by atoms with van der Waals surface area (Å²) >= 11 is 0. The van der Waals surface area contributed by atoms with Gasteiger partial charge in [-0.1, -0.05) is 12.1 Å². The predicted molar refractivity (Wildman–Crippen MR) is 92.7 cm³/mol. The normalized spacial score (nSPS) is 16.5. The molecule has 3 rings (SSSR count). The van der Waals surface area contributed by atoms with Crippen LogP contribution in [0.15, 0.2) is 53.4 Å². The molecule has 1 aliphatic heterocycles. The van der Waals surface area contributed by atoms with Crippen LogP contribution in [0.1, 0.15) is 5.56 Å². The highest BCUT2D eigenvalue weighted by Gasteiger charge is 2.31. The lowest BCUT2D eigenvalue weighted by atomic mass is 10.1. The number of sulfonamides is 1. The zero-order valence-electron chi connectivity index (χ0n) is 14.0. The molecule has 2 aromatic rings. The second kappa shape index (κ2) is 7.48. The van der Waals surface area contributed by atoms with E-state index in [1.807, 2.05) is 0 Å². The smallest absolute Gasteiger partial charge is 0.278 e. The number of nitrogens with zero attached hydrogens (tertiary/aromatic N) is 2. The van der Waals surface area contributed by atoms with Crippen molar-refractivity contribution in [3.8, 4) is 0 Å². The van der Waals surface area contributed by atoms with E-state index in [2.05, 4.69) is 0 Å². The van der Waals surface area contributed by atoms with Crippen LogP contribution in [0.3, 0.4) is 0 Å². The quantitative estimate of drug-likeness (QED) is 0.615. The Bertz CT molecular complexity index is 894. The first-order valence-electron chi connectivity index (χ1n) is 8.19. The summed E-state index contributed by atoms with van der Waals surface area (Å²) in [6.45, 7) is 2.20. The topological polar surface area (TPSA) is 85.0 Å². The van der Waals surface area contributed by atoms with Gasteiger partial charge in [0.05, 0.1) is 41.6 Å². The summed E-state index contributed by atoms with van der Waals surface area (Å²) in [4.78, 5) is 11.9. The van der Waals surface area contributed by atoms with Crippen LogP contribution in [0, 0.1) is 15.9 Å². The first-order chi connectivity index (χ1) is 12.4. The summed E-state index contributed by atoms with van der Waals surface area (Å²) in [6.07, 6.45) is 0. The number of nitrogens with one attached hydrogen (secondary N) is 1. The van der Waals surface area contributed by atoms with Crippen molar-refractivity contribution in [1.29, 1.82) is 0 Å². The van der Waals surface area contributed by atoms with Gasteiger partial charge >= 0.3 is 0 Å². The molecule has 0 radical (unpaired) electrons. The number of benzene rings is 2. The molecule has 1 heterocycles. The summed E-state index contributed by atoms with van der Waals surface area (Å²) in [6, 6.07) is 11.4. The van der Waals surface area contributed by atoms with Gasteiger partial charge in [0, 0.05) is 6.07 Å². The average Bonchev–Trinajstić information content (AvgIpc) is 2.63. The molecule has 0 saturated carbocycles. The highest BCUT2D eigenvalue weighted by Crippen LogP contribution is 2.18. The molecule has 0 aromatic heterocycles. The van der Waals surface area contributed by atoms with Crippen molar-refractivity contribution >= 4 is 15.7 Å². The first-order valence-corrected chi connectivity index (χ1v) is 9.63. The zero-order valence-corrected chi connectivity index (χ0v) is 14.8. The van der Waals surface area contributed by atoms with E-state index in [1.165, 1.54) is 22.5 Å². The number of rotatable bonds is 5. The molecule has 0 aliphatic carbocycles. The van der Waals surface area contributed by atoms with Crippen LogP contribution in [0.5, 0.6) is 0 Å². The first kappa shape index (κ1) is 18.4. The lowest BCUT2D eigenvalue weighted by Gasteiger charge is -2.31. The molecule has 0 atom stereocenters. The molecular weight excluding hydrogens is 361 g/mol. The third-order valence-corrected chi connectivity index (χ3v) is 6.42. The maximum atomic E-state index is 13.0. The fraction of sp³-hybridized carbons (Fsp3) is 0.294. The number of hydrogen-bond donors (Lipinski definition) is 1. The van der Waals surface area contributed by atoms with Crippen LogP contribution in [0.4, 0.5) is 10.1 Å². The molecule has 1 fully saturated rings. The Morgan fingerprint density at radius 2 is 1.69 bits per heavy atom. The predicted octanol–water partition coefficient (Wildman–Crippen LogP) is 0.823. The number of nitro groups is 1. The zero-order chi connectivity index (χ0) is 18.7. The Morgan fingerprint density at radius 1 is 1.08 bits per heavy atom. The average molecular weight is 380 g/mol. The third-order valence-electron chi connectivity index (χ3n) is 4.51. The van der Waals surface area contributed by atoms with E-state index in [1.54, 1.807) is 18.2 Å². The van der Waals surface area contributed by atoms with Crippen molar-refractivity contribution in [2.75, 3.05) is 26.2 Å². The van der Waals surface area contributed by atoms with Gasteiger partial charge in [-0.15, -0.1) is 0 Å². The highest BCUT2D eigenvalue weighted by atomic mass is 32.2. The fourth-order valence-electron chi connectivity index (χ4n) is 3.08. The van der Waals surface area contributed by atoms with Crippen LogP contribution in [-0.4, -0.2) is 43.8 Å². The Balaban J connectivity index is 1.66. The van der Waals surface area contributed by atoms with E-state index >= 15 is 0 Å². The summed E-state index contributed by atoms with van der Waals surface area (Å²) in [7, 11) is -3.65. The van der Waals surface area contributed by atoms with Crippen molar-refractivity contribution in [1.82, 2.24) is 4.31 Å². The molecule has 0 bridgehead atoms. The van der Waals surface area contributed by atoms with Crippen molar-refractivity contribution in [2.24, 2.45) is 0 Å². The minimum absolute atomic E-state index is 0.0704. The number of piperazine rings is 1. The van der Waals surface area contributed by atoms with Gasteiger partial charge in [-0.05, 0) is 30.3 Å². The number of quaternary nitrogens is 1. The van der Waals surface area contributed by atoms with Gasteiger partial charge < -0.3 is 4.90 Å². The van der Waals surface area contributed by atoms with Gasteiger partial charge in [0.1, 0.15) is 12.4 Å². The van der Waals surface area contributed by atoms with Gasteiger partial charge in [0.2, 0.25) is 10.0 Å². The second-order valence-corrected chi connectivity index (χ2v) is 8.11. The molecule has 0 unspecified atom stereocenters. The van der Waals surface area contributed by atoms with Crippen LogP contribution in [-0.2, 0) is 16.6 Å². The van der Waals surface area contributed by atoms with Gasteiger partial charge in [-0.25, -0.2) is 12.8 Å². The summed E-state index contributed by atoms with van der Waals surface area (Å²) in [5.74, 6) is -0.484. The molecule has 1 aliphatic rings. The monoisotopic (exact) mass is 380 g/mol. The maximum Gasteiger partial charge on any atom is 0.278 e. The van der Waals surface area contributed by atoms with E-state index in [0.29, 0.717) is 38.3 Å². The van der Waals surface area contributed by atoms with Gasteiger partial charge in [-0.3, -0.25) is 10.1 Å².